The van der Waals surface area contributed by atoms with Crippen LogP contribution in [0.4, 0.5) is 4.39 Å². The smallest absolute Gasteiger partial charge is 0.230 e. The number of rotatable bonds is 0. The zero-order valence-electron chi connectivity index (χ0n) is 9.05. The van der Waals surface area contributed by atoms with Crippen LogP contribution in [-0.4, -0.2) is 12.5 Å². The first-order valence-electron chi connectivity index (χ1n) is 5.80. The van der Waals surface area contributed by atoms with Crippen LogP contribution in [0.3, 0.4) is 0 Å². The minimum absolute atomic E-state index is 0.125. The second-order valence-electron chi connectivity index (χ2n) is 4.74. The Balaban J connectivity index is 2.16. The molecule has 3 rings (SSSR count). The van der Waals surface area contributed by atoms with Crippen molar-refractivity contribution >= 4 is 5.91 Å². The first kappa shape index (κ1) is 9.82. The van der Waals surface area contributed by atoms with E-state index in [-0.39, 0.29) is 17.1 Å². The average Bonchev–Trinajstić information content (AvgIpc) is 2.61. The van der Waals surface area contributed by atoms with Crippen LogP contribution in [0.25, 0.3) is 0 Å². The number of hydrogen-bond donors (Lipinski definition) is 1. The summed E-state index contributed by atoms with van der Waals surface area (Å²) in [6.07, 6.45) is 3.62. The summed E-state index contributed by atoms with van der Waals surface area (Å²) in [5.74, 6) is -0.0748. The molecule has 1 aromatic carbocycles. The van der Waals surface area contributed by atoms with Crippen molar-refractivity contribution < 1.29 is 9.18 Å². The zero-order valence-corrected chi connectivity index (χ0v) is 9.05. The lowest BCUT2D eigenvalue weighted by Crippen LogP contribution is -2.38. The molecule has 0 aromatic heterocycles. The quantitative estimate of drug-likeness (QED) is 0.709. The normalized spacial score (nSPS) is 27.9. The predicted octanol–water partition coefficient (Wildman–Crippen LogP) is 1.92. The number of carbonyl (C=O) groups excluding carboxylic acids is 1. The summed E-state index contributed by atoms with van der Waals surface area (Å²) in [6, 6.07) is 4.86. The van der Waals surface area contributed by atoms with Crippen molar-refractivity contribution in [1.29, 1.82) is 0 Å². The molecule has 1 aliphatic carbocycles. The Kier molecular flexibility index (Phi) is 2.03. The molecular weight excluding hydrogens is 205 g/mol. The summed E-state index contributed by atoms with van der Waals surface area (Å²) in [5, 5.41) is 2.90. The largest absolute Gasteiger partial charge is 0.355 e. The van der Waals surface area contributed by atoms with E-state index in [1.165, 1.54) is 6.07 Å². The van der Waals surface area contributed by atoms with Gasteiger partial charge in [-0.25, -0.2) is 4.39 Å². The minimum Gasteiger partial charge on any atom is -0.355 e. The average molecular weight is 219 g/mol. The van der Waals surface area contributed by atoms with Gasteiger partial charge in [-0.15, -0.1) is 0 Å². The summed E-state index contributed by atoms with van der Waals surface area (Å²) < 4.78 is 13.2. The first-order valence-corrected chi connectivity index (χ1v) is 5.80. The van der Waals surface area contributed by atoms with Crippen molar-refractivity contribution in [3.05, 3.63) is 35.1 Å². The number of fused-ring (bicyclic) bond motifs is 2. The molecule has 0 radical (unpaired) electrons. The highest BCUT2D eigenvalue weighted by Crippen LogP contribution is 2.42. The van der Waals surface area contributed by atoms with E-state index in [1.807, 2.05) is 0 Å². The van der Waals surface area contributed by atoms with Crippen LogP contribution in [0.1, 0.15) is 30.4 Å². The predicted molar refractivity (Wildman–Crippen MR) is 58.6 cm³/mol. The number of aryl methyl sites for hydroxylation is 1. The molecular formula is C13H14FNO. The monoisotopic (exact) mass is 219 g/mol. The van der Waals surface area contributed by atoms with Gasteiger partial charge in [0, 0.05) is 6.54 Å². The summed E-state index contributed by atoms with van der Waals surface area (Å²) in [4.78, 5) is 12.0. The molecule has 0 saturated carbocycles. The molecule has 2 aliphatic rings. The number of hydrogen-bond acceptors (Lipinski definition) is 1. The van der Waals surface area contributed by atoms with Crippen LogP contribution in [0.15, 0.2) is 18.2 Å². The first-order chi connectivity index (χ1) is 7.72. The Hall–Kier alpha value is -1.38. The van der Waals surface area contributed by atoms with Gasteiger partial charge in [-0.3, -0.25) is 4.79 Å². The van der Waals surface area contributed by atoms with E-state index in [0.29, 0.717) is 0 Å². The Morgan fingerprint density at radius 1 is 1.31 bits per heavy atom. The van der Waals surface area contributed by atoms with Crippen molar-refractivity contribution in [3.8, 4) is 0 Å². The van der Waals surface area contributed by atoms with Gasteiger partial charge in [-0.2, -0.15) is 0 Å². The van der Waals surface area contributed by atoms with Crippen LogP contribution in [-0.2, 0) is 16.6 Å². The van der Waals surface area contributed by atoms with E-state index in [0.717, 1.165) is 43.4 Å². The van der Waals surface area contributed by atoms with Crippen LogP contribution < -0.4 is 5.32 Å². The van der Waals surface area contributed by atoms with Crippen LogP contribution in [0.2, 0.25) is 0 Å². The van der Waals surface area contributed by atoms with Crippen molar-refractivity contribution in [3.63, 3.8) is 0 Å². The molecule has 3 heteroatoms. The van der Waals surface area contributed by atoms with Gasteiger partial charge < -0.3 is 5.32 Å². The minimum atomic E-state index is -0.360. The van der Waals surface area contributed by atoms with Gasteiger partial charge >= 0.3 is 0 Å². The Morgan fingerprint density at radius 2 is 2.19 bits per heavy atom. The van der Waals surface area contributed by atoms with E-state index in [9.17, 15) is 9.18 Å². The third-order valence-electron chi connectivity index (χ3n) is 3.90. The number of benzene rings is 1. The van der Waals surface area contributed by atoms with Crippen molar-refractivity contribution in [2.45, 2.75) is 31.1 Å². The zero-order chi connectivity index (χ0) is 11.2. The fourth-order valence-electron chi connectivity index (χ4n) is 3.12. The number of amides is 1. The Morgan fingerprint density at radius 3 is 2.94 bits per heavy atom. The third kappa shape index (κ3) is 1.20. The van der Waals surface area contributed by atoms with Crippen molar-refractivity contribution in [1.82, 2.24) is 5.32 Å². The second-order valence-corrected chi connectivity index (χ2v) is 4.74. The molecule has 1 aliphatic heterocycles. The van der Waals surface area contributed by atoms with Crippen LogP contribution >= 0.6 is 0 Å². The Labute approximate surface area is 93.9 Å². The van der Waals surface area contributed by atoms with Crippen LogP contribution in [0.5, 0.6) is 0 Å². The fraction of sp³-hybridized carbons (Fsp3) is 0.462. The highest BCUT2D eigenvalue weighted by Gasteiger charge is 2.46. The van der Waals surface area contributed by atoms with Crippen molar-refractivity contribution in [2.75, 3.05) is 6.54 Å². The molecule has 84 valence electrons. The molecule has 1 amide bonds. The molecule has 0 bridgehead atoms. The van der Waals surface area contributed by atoms with E-state index < -0.39 is 0 Å². The maximum absolute atomic E-state index is 13.2. The number of halogens is 1. The van der Waals surface area contributed by atoms with Gasteiger partial charge in [0.2, 0.25) is 5.91 Å². The number of carbonyl (C=O) groups is 1. The highest BCUT2D eigenvalue weighted by atomic mass is 19.1. The van der Waals surface area contributed by atoms with Gasteiger partial charge in [0.25, 0.3) is 0 Å². The van der Waals surface area contributed by atoms with E-state index in [4.69, 9.17) is 0 Å². The lowest BCUT2D eigenvalue weighted by Gasteiger charge is -2.33. The molecule has 1 N–H and O–H groups in total. The van der Waals surface area contributed by atoms with E-state index >= 15 is 0 Å². The molecule has 16 heavy (non-hydrogen) atoms. The summed E-state index contributed by atoms with van der Waals surface area (Å²) in [5.41, 5.74) is 1.71. The molecule has 1 atom stereocenters. The summed E-state index contributed by atoms with van der Waals surface area (Å²) in [7, 11) is 0. The molecule has 1 saturated heterocycles. The van der Waals surface area contributed by atoms with Gasteiger partial charge in [0.15, 0.2) is 0 Å². The van der Waals surface area contributed by atoms with Gasteiger partial charge in [0.05, 0.1) is 5.41 Å². The Bertz CT molecular complexity index is 457. The molecule has 1 spiro atoms. The maximum Gasteiger partial charge on any atom is 0.230 e. The van der Waals surface area contributed by atoms with Gasteiger partial charge in [-0.05, 0) is 48.9 Å². The molecule has 2 nitrogen and oxygen atoms in total. The van der Waals surface area contributed by atoms with Gasteiger partial charge in [0.1, 0.15) is 5.82 Å². The molecule has 1 aromatic rings. The summed E-state index contributed by atoms with van der Waals surface area (Å²) >= 11 is 0. The van der Waals surface area contributed by atoms with Crippen LogP contribution in [0, 0.1) is 5.82 Å². The fourth-order valence-corrected chi connectivity index (χ4v) is 3.12. The van der Waals surface area contributed by atoms with E-state index in [2.05, 4.69) is 5.32 Å². The SMILES string of the molecule is O=C1NCCC12CCCc1cc(F)ccc12. The molecule has 1 fully saturated rings. The van der Waals surface area contributed by atoms with Gasteiger partial charge in [-0.1, -0.05) is 6.07 Å². The van der Waals surface area contributed by atoms with Crippen molar-refractivity contribution in [2.24, 2.45) is 0 Å². The number of nitrogens with one attached hydrogen (secondary N) is 1. The molecule has 1 heterocycles. The third-order valence-corrected chi connectivity index (χ3v) is 3.90. The lowest BCUT2D eigenvalue weighted by atomic mass is 9.69. The lowest BCUT2D eigenvalue weighted by molar-refractivity contribution is -0.124. The topological polar surface area (TPSA) is 29.1 Å². The van der Waals surface area contributed by atoms with E-state index in [1.54, 1.807) is 12.1 Å². The molecule has 1 unspecified atom stereocenters. The second kappa shape index (κ2) is 3.30. The summed E-state index contributed by atoms with van der Waals surface area (Å²) in [6.45, 7) is 0.746. The standard InChI is InChI=1S/C13H14FNO/c14-10-3-4-11-9(8-10)2-1-5-13(11)6-7-15-12(13)16/h3-4,8H,1-2,5-7H2,(H,15,16). The highest BCUT2D eigenvalue weighted by molar-refractivity contribution is 5.91. The maximum atomic E-state index is 13.2.